The predicted octanol–water partition coefficient (Wildman–Crippen LogP) is 2.60. The minimum atomic E-state index is -0.369. The predicted molar refractivity (Wildman–Crippen MR) is 79.3 cm³/mol. The van der Waals surface area contributed by atoms with E-state index in [4.69, 9.17) is 11.6 Å². The van der Waals surface area contributed by atoms with Crippen LogP contribution in [-0.4, -0.2) is 24.9 Å². The molecular weight excluding hydrogens is 332 g/mol. The number of nitrogens with one attached hydrogen (secondary N) is 2. The molecule has 6 heteroatoms. The molecule has 4 nitrogen and oxygen atoms in total. The Kier molecular flexibility index (Phi) is 6.31. The van der Waals surface area contributed by atoms with Crippen LogP contribution in [0.1, 0.15) is 24.2 Å². The van der Waals surface area contributed by atoms with Crippen LogP contribution >= 0.6 is 27.5 Å². The van der Waals surface area contributed by atoms with Gasteiger partial charge in [-0.15, -0.1) is 0 Å². The number of amides is 2. The number of rotatable bonds is 5. The van der Waals surface area contributed by atoms with E-state index in [2.05, 4.69) is 26.6 Å². The number of benzene rings is 1. The second-order valence-corrected chi connectivity index (χ2v) is 5.83. The van der Waals surface area contributed by atoms with E-state index in [0.29, 0.717) is 23.0 Å². The van der Waals surface area contributed by atoms with Gasteiger partial charge in [0.25, 0.3) is 5.91 Å². The Bertz CT molecular complexity index is 478. The summed E-state index contributed by atoms with van der Waals surface area (Å²) in [5.41, 5.74) is 0.340. The third-order valence-electron chi connectivity index (χ3n) is 2.29. The van der Waals surface area contributed by atoms with Crippen molar-refractivity contribution in [2.45, 2.75) is 13.8 Å². The molecule has 0 atom stereocenters. The van der Waals surface area contributed by atoms with E-state index in [1.54, 1.807) is 18.2 Å². The molecule has 2 amide bonds. The molecule has 2 N–H and O–H groups in total. The zero-order valence-corrected chi connectivity index (χ0v) is 13.1. The first-order chi connectivity index (χ1) is 8.90. The summed E-state index contributed by atoms with van der Waals surface area (Å²) < 4.78 is 0.756. The molecule has 0 bridgehead atoms. The molecule has 0 aliphatic rings. The van der Waals surface area contributed by atoms with Crippen LogP contribution in [-0.2, 0) is 4.79 Å². The lowest BCUT2D eigenvalue weighted by molar-refractivity contribution is -0.120. The second-order valence-electron chi connectivity index (χ2n) is 4.50. The first kappa shape index (κ1) is 16.0. The molecule has 1 aromatic rings. The molecule has 0 fully saturated rings. The van der Waals surface area contributed by atoms with Crippen LogP contribution in [0.15, 0.2) is 22.7 Å². The Morgan fingerprint density at radius 3 is 2.63 bits per heavy atom. The van der Waals surface area contributed by atoms with Crippen molar-refractivity contribution >= 4 is 39.3 Å². The fraction of sp³-hybridized carbons (Fsp3) is 0.385. The van der Waals surface area contributed by atoms with Gasteiger partial charge in [-0.3, -0.25) is 9.59 Å². The van der Waals surface area contributed by atoms with Gasteiger partial charge in [-0.1, -0.05) is 41.4 Å². The highest BCUT2D eigenvalue weighted by Gasteiger charge is 2.12. The Morgan fingerprint density at radius 2 is 2.00 bits per heavy atom. The summed E-state index contributed by atoms with van der Waals surface area (Å²) in [6, 6.07) is 4.98. The molecule has 0 heterocycles. The van der Waals surface area contributed by atoms with Gasteiger partial charge in [-0.2, -0.15) is 0 Å². The third kappa shape index (κ3) is 5.61. The largest absolute Gasteiger partial charge is 0.354 e. The van der Waals surface area contributed by atoms with Gasteiger partial charge in [-0.25, -0.2) is 0 Å². The van der Waals surface area contributed by atoms with Gasteiger partial charge in [0.1, 0.15) is 0 Å². The summed E-state index contributed by atoms with van der Waals surface area (Å²) in [4.78, 5) is 23.3. The third-order valence-corrected chi connectivity index (χ3v) is 3.11. The highest BCUT2D eigenvalue weighted by atomic mass is 79.9. The highest BCUT2D eigenvalue weighted by molar-refractivity contribution is 9.10. The first-order valence-corrected chi connectivity index (χ1v) is 7.07. The maximum atomic E-state index is 11.9. The Balaban J connectivity index is 2.51. The molecule has 19 heavy (non-hydrogen) atoms. The zero-order valence-electron chi connectivity index (χ0n) is 10.8. The van der Waals surface area contributed by atoms with Gasteiger partial charge in [0.15, 0.2) is 0 Å². The number of halogens is 2. The lowest BCUT2D eigenvalue weighted by Crippen LogP contribution is -2.38. The van der Waals surface area contributed by atoms with Crippen molar-refractivity contribution in [3.05, 3.63) is 33.3 Å². The van der Waals surface area contributed by atoms with Crippen LogP contribution in [0, 0.1) is 5.92 Å². The van der Waals surface area contributed by atoms with Crippen molar-refractivity contribution in [1.29, 1.82) is 0 Å². The molecule has 0 aromatic heterocycles. The zero-order chi connectivity index (χ0) is 14.4. The van der Waals surface area contributed by atoms with Crippen LogP contribution in [0.4, 0.5) is 0 Å². The lowest BCUT2D eigenvalue weighted by atomic mass is 10.2. The quantitative estimate of drug-likeness (QED) is 0.860. The molecular formula is C13H16BrClN2O2. The van der Waals surface area contributed by atoms with Crippen LogP contribution < -0.4 is 10.6 Å². The van der Waals surface area contributed by atoms with Crippen molar-refractivity contribution < 1.29 is 9.59 Å². The Morgan fingerprint density at radius 1 is 1.32 bits per heavy atom. The average Bonchev–Trinajstić information content (AvgIpc) is 2.36. The summed E-state index contributed by atoms with van der Waals surface area (Å²) in [5, 5.41) is 5.60. The van der Waals surface area contributed by atoms with Crippen LogP contribution in [0.3, 0.4) is 0 Å². The molecule has 0 saturated heterocycles. The molecule has 104 valence electrons. The summed E-state index contributed by atoms with van der Waals surface area (Å²) in [7, 11) is 0. The topological polar surface area (TPSA) is 58.2 Å². The van der Waals surface area contributed by atoms with Crippen molar-refractivity contribution in [2.75, 3.05) is 13.1 Å². The molecule has 0 radical (unpaired) electrons. The van der Waals surface area contributed by atoms with Gasteiger partial charge in [-0.05, 0) is 24.1 Å². The number of hydrogen-bond donors (Lipinski definition) is 2. The summed E-state index contributed by atoms with van der Waals surface area (Å²) in [6.07, 6.45) is 0. The monoisotopic (exact) mass is 346 g/mol. The fourth-order valence-electron chi connectivity index (χ4n) is 1.31. The van der Waals surface area contributed by atoms with Crippen LogP contribution in [0.2, 0.25) is 5.02 Å². The lowest BCUT2D eigenvalue weighted by Gasteiger charge is -2.09. The maximum Gasteiger partial charge on any atom is 0.253 e. The molecule has 0 saturated carbocycles. The van der Waals surface area contributed by atoms with E-state index in [-0.39, 0.29) is 18.4 Å². The van der Waals surface area contributed by atoms with Gasteiger partial charge in [0.2, 0.25) is 5.91 Å². The second kappa shape index (κ2) is 7.50. The number of carbonyl (C=O) groups is 2. The summed E-state index contributed by atoms with van der Waals surface area (Å²) in [6.45, 7) is 4.53. The Labute approximate surface area is 126 Å². The minimum absolute atomic E-state index is 0.0611. The van der Waals surface area contributed by atoms with E-state index < -0.39 is 0 Å². The van der Waals surface area contributed by atoms with E-state index >= 15 is 0 Å². The fourth-order valence-corrected chi connectivity index (χ4v) is 1.87. The van der Waals surface area contributed by atoms with Gasteiger partial charge in [0.05, 0.1) is 17.1 Å². The smallest absolute Gasteiger partial charge is 0.253 e. The van der Waals surface area contributed by atoms with Crippen molar-refractivity contribution in [3.8, 4) is 0 Å². The number of carbonyl (C=O) groups excluding carboxylic acids is 2. The molecule has 1 rings (SSSR count). The van der Waals surface area contributed by atoms with Gasteiger partial charge >= 0.3 is 0 Å². The van der Waals surface area contributed by atoms with Crippen molar-refractivity contribution in [3.63, 3.8) is 0 Å². The van der Waals surface area contributed by atoms with Crippen molar-refractivity contribution in [2.24, 2.45) is 5.92 Å². The SMILES string of the molecule is CC(C)CNC(=O)CNC(=O)c1cc(Br)ccc1Cl. The molecule has 1 aromatic carbocycles. The first-order valence-electron chi connectivity index (χ1n) is 5.90. The standard InChI is InChI=1S/C13H16BrClN2O2/c1-8(2)6-16-12(18)7-17-13(19)10-5-9(14)3-4-11(10)15/h3-5,8H,6-7H2,1-2H3,(H,16,18)(H,17,19). The van der Waals surface area contributed by atoms with E-state index in [1.165, 1.54) is 0 Å². The summed E-state index contributed by atoms with van der Waals surface area (Å²) >= 11 is 9.19. The van der Waals surface area contributed by atoms with Crippen LogP contribution in [0.25, 0.3) is 0 Å². The molecule has 0 aliphatic carbocycles. The van der Waals surface area contributed by atoms with Gasteiger partial charge < -0.3 is 10.6 Å². The normalized spacial score (nSPS) is 10.4. The molecule has 0 spiro atoms. The van der Waals surface area contributed by atoms with Gasteiger partial charge in [0, 0.05) is 11.0 Å². The highest BCUT2D eigenvalue weighted by Crippen LogP contribution is 2.20. The minimum Gasteiger partial charge on any atom is -0.354 e. The van der Waals surface area contributed by atoms with E-state index in [1.807, 2.05) is 13.8 Å². The molecule has 0 aliphatic heterocycles. The average molecular weight is 348 g/mol. The van der Waals surface area contributed by atoms with Crippen molar-refractivity contribution in [1.82, 2.24) is 10.6 Å². The Hall–Kier alpha value is -1.07. The van der Waals surface area contributed by atoms with E-state index in [0.717, 1.165) is 4.47 Å². The maximum absolute atomic E-state index is 11.9. The van der Waals surface area contributed by atoms with E-state index in [9.17, 15) is 9.59 Å². The molecule has 0 unspecified atom stereocenters. The van der Waals surface area contributed by atoms with Crippen LogP contribution in [0.5, 0.6) is 0 Å². The summed E-state index contributed by atoms with van der Waals surface area (Å²) in [5.74, 6) is -0.210. The number of hydrogen-bond acceptors (Lipinski definition) is 2.